The van der Waals surface area contributed by atoms with Crippen LogP contribution >= 0.6 is 11.6 Å². The van der Waals surface area contributed by atoms with Crippen LogP contribution in [0.1, 0.15) is 31.2 Å². The highest BCUT2D eigenvalue weighted by atomic mass is 35.5. The third-order valence-electron chi connectivity index (χ3n) is 4.63. The average Bonchev–Trinajstić information content (AvgIpc) is 2.91. The molecule has 1 aromatic carbocycles. The molecule has 0 saturated heterocycles. The van der Waals surface area contributed by atoms with Gasteiger partial charge in [0.1, 0.15) is 0 Å². The Morgan fingerprint density at radius 1 is 1.38 bits per heavy atom. The normalized spacial score (nSPS) is 33.5. The molecule has 16 heavy (non-hydrogen) atoms. The van der Waals surface area contributed by atoms with Crippen LogP contribution in [-0.2, 0) is 5.41 Å². The van der Waals surface area contributed by atoms with Crippen LogP contribution in [0.2, 0.25) is 5.02 Å². The van der Waals surface area contributed by atoms with Crippen LogP contribution < -0.4 is 5.73 Å². The second kappa shape index (κ2) is 3.75. The molecule has 2 atom stereocenters. The smallest absolute Gasteiger partial charge is 0.0408 e. The quantitative estimate of drug-likeness (QED) is 0.854. The van der Waals surface area contributed by atoms with E-state index in [4.69, 9.17) is 17.3 Å². The van der Waals surface area contributed by atoms with Crippen molar-refractivity contribution < 1.29 is 0 Å². The molecule has 0 aromatic heterocycles. The predicted octanol–water partition coefficient (Wildman–Crippen LogP) is 3.36. The molecular weight excluding hydrogens is 218 g/mol. The maximum Gasteiger partial charge on any atom is 0.0408 e. The minimum Gasteiger partial charge on any atom is -0.330 e. The lowest BCUT2D eigenvalue weighted by atomic mass is 9.69. The molecule has 2 fully saturated rings. The van der Waals surface area contributed by atoms with E-state index < -0.39 is 0 Å². The van der Waals surface area contributed by atoms with Crippen molar-refractivity contribution in [3.8, 4) is 0 Å². The van der Waals surface area contributed by atoms with E-state index in [9.17, 15) is 0 Å². The first-order chi connectivity index (χ1) is 7.77. The van der Waals surface area contributed by atoms with E-state index >= 15 is 0 Å². The second-order valence-electron chi connectivity index (χ2n) is 5.32. The van der Waals surface area contributed by atoms with Crippen LogP contribution in [0.4, 0.5) is 0 Å². The van der Waals surface area contributed by atoms with Gasteiger partial charge in [0.2, 0.25) is 0 Å². The molecule has 86 valence electrons. The Kier molecular flexibility index (Phi) is 2.49. The minimum absolute atomic E-state index is 0.387. The molecule has 3 rings (SSSR count). The van der Waals surface area contributed by atoms with Crippen LogP contribution in [0.25, 0.3) is 0 Å². The molecule has 2 aliphatic rings. The molecule has 0 bridgehead atoms. The summed E-state index contributed by atoms with van der Waals surface area (Å²) in [6, 6.07) is 8.42. The SMILES string of the molecule is NC[C@@H]1CC1(c1cccc(Cl)c1)C1CCC1. The first-order valence-corrected chi connectivity index (χ1v) is 6.61. The number of nitrogens with two attached hydrogens (primary N) is 1. The highest BCUT2D eigenvalue weighted by molar-refractivity contribution is 6.30. The Morgan fingerprint density at radius 2 is 2.19 bits per heavy atom. The summed E-state index contributed by atoms with van der Waals surface area (Å²) >= 11 is 6.10. The topological polar surface area (TPSA) is 26.0 Å². The molecule has 1 unspecified atom stereocenters. The van der Waals surface area contributed by atoms with Crippen molar-refractivity contribution in [1.29, 1.82) is 0 Å². The monoisotopic (exact) mass is 235 g/mol. The second-order valence-corrected chi connectivity index (χ2v) is 5.75. The van der Waals surface area contributed by atoms with E-state index in [2.05, 4.69) is 18.2 Å². The first kappa shape index (κ1) is 10.6. The van der Waals surface area contributed by atoms with Crippen LogP contribution in [0.3, 0.4) is 0 Å². The van der Waals surface area contributed by atoms with Crippen molar-refractivity contribution in [1.82, 2.24) is 0 Å². The Morgan fingerprint density at radius 3 is 2.69 bits per heavy atom. The summed E-state index contributed by atoms with van der Waals surface area (Å²) in [5, 5.41) is 0.860. The van der Waals surface area contributed by atoms with Gasteiger partial charge in [0.25, 0.3) is 0 Å². The number of rotatable bonds is 3. The molecule has 0 amide bonds. The van der Waals surface area contributed by atoms with Crippen LogP contribution in [0, 0.1) is 11.8 Å². The highest BCUT2D eigenvalue weighted by Gasteiger charge is 2.59. The van der Waals surface area contributed by atoms with Gasteiger partial charge in [-0.05, 0) is 55.3 Å². The number of benzene rings is 1. The molecule has 0 heterocycles. The summed E-state index contributed by atoms with van der Waals surface area (Å²) in [5.74, 6) is 1.55. The van der Waals surface area contributed by atoms with Gasteiger partial charge in [-0.2, -0.15) is 0 Å². The Labute approximate surface area is 102 Å². The maximum absolute atomic E-state index is 6.10. The summed E-state index contributed by atoms with van der Waals surface area (Å²) in [6.45, 7) is 0.822. The zero-order valence-electron chi connectivity index (χ0n) is 9.45. The van der Waals surface area contributed by atoms with Crippen molar-refractivity contribution in [3.05, 3.63) is 34.9 Å². The molecular formula is C14H18ClN. The number of halogens is 1. The molecule has 2 heteroatoms. The molecule has 1 aromatic rings. The fourth-order valence-electron chi connectivity index (χ4n) is 3.43. The average molecular weight is 236 g/mol. The Bertz CT molecular complexity index is 399. The van der Waals surface area contributed by atoms with Gasteiger partial charge in [0, 0.05) is 10.4 Å². The van der Waals surface area contributed by atoms with E-state index in [1.807, 2.05) is 6.07 Å². The zero-order chi connectivity index (χ0) is 11.2. The predicted molar refractivity (Wildman–Crippen MR) is 67.6 cm³/mol. The standard InChI is InChI=1S/C14H18ClN/c15-13-6-2-5-11(7-13)14(8-12(14)9-16)10-3-1-4-10/h2,5-7,10,12H,1,3-4,8-9,16H2/t12-,14?/m0/s1. The van der Waals surface area contributed by atoms with Crippen LogP contribution in [0.15, 0.2) is 24.3 Å². The van der Waals surface area contributed by atoms with Crippen molar-refractivity contribution in [3.63, 3.8) is 0 Å². The van der Waals surface area contributed by atoms with Crippen molar-refractivity contribution in [2.24, 2.45) is 17.6 Å². The van der Waals surface area contributed by atoms with Gasteiger partial charge in [-0.15, -0.1) is 0 Å². The van der Waals surface area contributed by atoms with Crippen molar-refractivity contribution >= 4 is 11.6 Å². The van der Waals surface area contributed by atoms with Gasteiger partial charge in [0.05, 0.1) is 0 Å². The van der Waals surface area contributed by atoms with E-state index in [1.54, 1.807) is 0 Å². The first-order valence-electron chi connectivity index (χ1n) is 6.23. The molecule has 2 N–H and O–H groups in total. The lowest BCUT2D eigenvalue weighted by Crippen LogP contribution is -2.30. The Hall–Kier alpha value is -0.530. The molecule has 2 saturated carbocycles. The van der Waals surface area contributed by atoms with Crippen LogP contribution in [-0.4, -0.2) is 6.54 Å². The van der Waals surface area contributed by atoms with Crippen molar-refractivity contribution in [2.75, 3.05) is 6.54 Å². The van der Waals surface area contributed by atoms with E-state index in [-0.39, 0.29) is 0 Å². The Balaban J connectivity index is 1.95. The van der Waals surface area contributed by atoms with Gasteiger partial charge in [-0.3, -0.25) is 0 Å². The maximum atomic E-state index is 6.10. The van der Waals surface area contributed by atoms with Crippen LogP contribution in [0.5, 0.6) is 0 Å². The van der Waals surface area contributed by atoms with Gasteiger partial charge >= 0.3 is 0 Å². The summed E-state index contributed by atoms with van der Waals surface area (Å²) in [5.41, 5.74) is 7.69. The minimum atomic E-state index is 0.387. The summed E-state index contributed by atoms with van der Waals surface area (Å²) in [4.78, 5) is 0. The molecule has 1 nitrogen and oxygen atoms in total. The van der Waals surface area contributed by atoms with Crippen molar-refractivity contribution in [2.45, 2.75) is 31.1 Å². The lowest BCUT2D eigenvalue weighted by molar-refractivity contribution is 0.231. The third kappa shape index (κ3) is 1.42. The van der Waals surface area contributed by atoms with E-state index in [1.165, 1.54) is 31.2 Å². The van der Waals surface area contributed by atoms with E-state index in [0.29, 0.717) is 11.3 Å². The molecule has 0 aliphatic heterocycles. The molecule has 2 aliphatic carbocycles. The number of hydrogen-bond donors (Lipinski definition) is 1. The molecule has 0 radical (unpaired) electrons. The fraction of sp³-hybridized carbons (Fsp3) is 0.571. The molecule has 0 spiro atoms. The zero-order valence-corrected chi connectivity index (χ0v) is 10.2. The summed E-state index contributed by atoms with van der Waals surface area (Å²) < 4.78 is 0. The van der Waals surface area contributed by atoms with Gasteiger partial charge < -0.3 is 5.73 Å². The summed E-state index contributed by atoms with van der Waals surface area (Å²) in [6.07, 6.45) is 5.42. The van der Waals surface area contributed by atoms with Gasteiger partial charge in [0.15, 0.2) is 0 Å². The van der Waals surface area contributed by atoms with Gasteiger partial charge in [-0.1, -0.05) is 30.2 Å². The number of hydrogen-bond acceptors (Lipinski definition) is 1. The lowest BCUT2D eigenvalue weighted by Gasteiger charge is -2.36. The third-order valence-corrected chi connectivity index (χ3v) is 4.87. The summed E-state index contributed by atoms with van der Waals surface area (Å²) in [7, 11) is 0. The van der Waals surface area contributed by atoms with Gasteiger partial charge in [-0.25, -0.2) is 0 Å². The fourth-order valence-corrected chi connectivity index (χ4v) is 3.62. The largest absolute Gasteiger partial charge is 0.330 e. The highest BCUT2D eigenvalue weighted by Crippen LogP contribution is 2.63. The van der Waals surface area contributed by atoms with E-state index in [0.717, 1.165) is 17.5 Å².